The lowest BCUT2D eigenvalue weighted by Crippen LogP contribution is -2.56. The van der Waals surface area contributed by atoms with E-state index in [1.54, 1.807) is 25.3 Å². The van der Waals surface area contributed by atoms with Gasteiger partial charge in [0, 0.05) is 43.8 Å². The molecule has 29 heavy (non-hydrogen) atoms. The molecular weight excluding hydrogens is 388 g/mol. The van der Waals surface area contributed by atoms with Gasteiger partial charge < -0.3 is 15.0 Å². The molecule has 1 aliphatic heterocycles. The van der Waals surface area contributed by atoms with Gasteiger partial charge in [-0.15, -0.1) is 11.3 Å². The first-order valence-corrected chi connectivity index (χ1v) is 10.4. The molecule has 0 spiro atoms. The molecule has 0 bridgehead atoms. The molecule has 154 valence electrons. The van der Waals surface area contributed by atoms with Gasteiger partial charge >= 0.3 is 0 Å². The van der Waals surface area contributed by atoms with E-state index in [0.29, 0.717) is 26.2 Å². The summed E-state index contributed by atoms with van der Waals surface area (Å²) in [7, 11) is 3.39. The molecule has 1 aromatic carbocycles. The number of carbonyl (C=O) groups is 2. The van der Waals surface area contributed by atoms with Gasteiger partial charge in [-0.2, -0.15) is 0 Å². The largest absolute Gasteiger partial charge is 0.496 e. The molecule has 0 aliphatic carbocycles. The van der Waals surface area contributed by atoms with Crippen LogP contribution in [-0.2, 0) is 16.1 Å². The Hall–Kier alpha value is -2.71. The van der Waals surface area contributed by atoms with Crippen LogP contribution in [0.5, 0.6) is 5.75 Å². The molecule has 0 saturated carbocycles. The van der Waals surface area contributed by atoms with Crippen molar-refractivity contribution in [3.8, 4) is 5.75 Å². The second kappa shape index (κ2) is 10.2. The van der Waals surface area contributed by atoms with E-state index in [2.05, 4.69) is 10.3 Å². The number of carbonyl (C=O) groups excluding carboxylic acids is 2. The van der Waals surface area contributed by atoms with Crippen LogP contribution in [0, 0.1) is 0 Å². The van der Waals surface area contributed by atoms with E-state index < -0.39 is 6.04 Å². The van der Waals surface area contributed by atoms with Crippen LogP contribution in [0.25, 0.3) is 6.08 Å². The van der Waals surface area contributed by atoms with Gasteiger partial charge in [0.15, 0.2) is 0 Å². The minimum absolute atomic E-state index is 0.0686. The van der Waals surface area contributed by atoms with Crippen molar-refractivity contribution in [1.82, 2.24) is 20.1 Å². The van der Waals surface area contributed by atoms with Crippen molar-refractivity contribution in [3.63, 3.8) is 0 Å². The van der Waals surface area contributed by atoms with Crippen LogP contribution in [0.3, 0.4) is 0 Å². The molecule has 1 atom stereocenters. The first-order valence-electron chi connectivity index (χ1n) is 9.52. The number of amides is 2. The quantitative estimate of drug-likeness (QED) is 0.715. The number of ether oxygens (including phenoxy) is 1. The minimum atomic E-state index is -0.475. The molecule has 8 heteroatoms. The van der Waals surface area contributed by atoms with E-state index in [0.717, 1.165) is 16.3 Å². The van der Waals surface area contributed by atoms with Crippen LogP contribution in [0.1, 0.15) is 17.0 Å². The van der Waals surface area contributed by atoms with E-state index in [-0.39, 0.29) is 18.2 Å². The first kappa shape index (κ1) is 21.0. The van der Waals surface area contributed by atoms with Crippen LogP contribution >= 0.6 is 11.3 Å². The van der Waals surface area contributed by atoms with Crippen molar-refractivity contribution in [2.24, 2.45) is 0 Å². The Morgan fingerprint density at radius 3 is 3.03 bits per heavy atom. The summed E-state index contributed by atoms with van der Waals surface area (Å²) in [4.78, 5) is 33.0. The summed E-state index contributed by atoms with van der Waals surface area (Å²) >= 11 is 1.51. The normalized spacial score (nSPS) is 17.3. The van der Waals surface area contributed by atoms with Crippen molar-refractivity contribution in [1.29, 1.82) is 0 Å². The zero-order valence-corrected chi connectivity index (χ0v) is 17.5. The summed E-state index contributed by atoms with van der Waals surface area (Å²) in [5.74, 6) is 0.634. The Bertz CT molecular complexity index is 853. The molecule has 1 N–H and O–H groups in total. The number of para-hydroxylation sites is 1. The van der Waals surface area contributed by atoms with Crippen molar-refractivity contribution in [3.05, 3.63) is 52.5 Å². The molecule has 3 rings (SSSR count). The Morgan fingerprint density at radius 1 is 1.45 bits per heavy atom. The third-order valence-corrected chi connectivity index (χ3v) is 5.63. The second-order valence-electron chi connectivity index (χ2n) is 6.83. The Morgan fingerprint density at radius 2 is 2.28 bits per heavy atom. The number of aromatic nitrogens is 1. The number of nitrogens with zero attached hydrogens (tertiary/aromatic N) is 3. The zero-order chi connectivity index (χ0) is 20.6. The average molecular weight is 415 g/mol. The number of thiazole rings is 1. The molecule has 2 heterocycles. The molecule has 2 amide bonds. The van der Waals surface area contributed by atoms with E-state index in [4.69, 9.17) is 4.74 Å². The van der Waals surface area contributed by atoms with Crippen LogP contribution in [0.15, 0.2) is 41.9 Å². The highest BCUT2D eigenvalue weighted by atomic mass is 32.1. The summed E-state index contributed by atoms with van der Waals surface area (Å²) < 4.78 is 5.36. The summed E-state index contributed by atoms with van der Waals surface area (Å²) in [6.07, 6.45) is 5.87. The Kier molecular flexibility index (Phi) is 7.37. The number of hydrogen-bond donors (Lipinski definition) is 1. The van der Waals surface area contributed by atoms with Gasteiger partial charge in [0.2, 0.25) is 11.8 Å². The van der Waals surface area contributed by atoms with Gasteiger partial charge in [-0.1, -0.05) is 30.4 Å². The monoisotopic (exact) mass is 414 g/mol. The van der Waals surface area contributed by atoms with E-state index in [1.165, 1.54) is 11.3 Å². The average Bonchev–Trinajstić information content (AvgIpc) is 3.23. The smallest absolute Gasteiger partial charge is 0.237 e. The fourth-order valence-electron chi connectivity index (χ4n) is 3.27. The lowest BCUT2D eigenvalue weighted by molar-refractivity contribution is -0.138. The maximum absolute atomic E-state index is 12.7. The van der Waals surface area contributed by atoms with Gasteiger partial charge in [-0.3, -0.25) is 14.5 Å². The molecular formula is C21H26N4O3S. The van der Waals surface area contributed by atoms with E-state index in [9.17, 15) is 9.59 Å². The van der Waals surface area contributed by atoms with Crippen molar-refractivity contribution in [2.75, 3.05) is 33.8 Å². The number of rotatable bonds is 8. The lowest BCUT2D eigenvalue weighted by Gasteiger charge is -2.34. The van der Waals surface area contributed by atoms with Crippen LogP contribution < -0.4 is 10.1 Å². The number of piperazine rings is 1. The van der Waals surface area contributed by atoms with E-state index >= 15 is 0 Å². The molecule has 1 saturated heterocycles. The topological polar surface area (TPSA) is 74.8 Å². The number of benzene rings is 1. The summed E-state index contributed by atoms with van der Waals surface area (Å²) in [6.45, 7) is 2.33. The Labute approximate surface area is 175 Å². The van der Waals surface area contributed by atoms with Gasteiger partial charge in [0.05, 0.1) is 26.1 Å². The minimum Gasteiger partial charge on any atom is -0.496 e. The highest BCUT2D eigenvalue weighted by molar-refractivity contribution is 7.09. The molecule has 1 aromatic heterocycles. The molecule has 1 unspecified atom stereocenters. The zero-order valence-electron chi connectivity index (χ0n) is 16.7. The van der Waals surface area contributed by atoms with Crippen molar-refractivity contribution >= 4 is 29.2 Å². The van der Waals surface area contributed by atoms with Crippen LogP contribution in [0.4, 0.5) is 0 Å². The molecule has 0 radical (unpaired) electrons. The maximum atomic E-state index is 12.7. The van der Waals surface area contributed by atoms with Crippen molar-refractivity contribution in [2.45, 2.75) is 19.0 Å². The van der Waals surface area contributed by atoms with Crippen molar-refractivity contribution < 1.29 is 14.3 Å². The maximum Gasteiger partial charge on any atom is 0.237 e. The number of methoxy groups -OCH3 is 1. The van der Waals surface area contributed by atoms with Gasteiger partial charge in [-0.05, 0) is 6.07 Å². The number of hydrogen-bond acceptors (Lipinski definition) is 6. The second-order valence-corrected chi connectivity index (χ2v) is 7.80. The molecule has 1 aliphatic rings. The van der Waals surface area contributed by atoms with E-state index in [1.807, 2.05) is 46.7 Å². The third-order valence-electron chi connectivity index (χ3n) is 4.87. The predicted molar refractivity (Wildman–Crippen MR) is 114 cm³/mol. The van der Waals surface area contributed by atoms with Crippen LogP contribution in [0.2, 0.25) is 0 Å². The standard InChI is InChI=1S/C21H26N4O3S/c1-24(15-19-22-10-13-29-19)20(26)14-17-21(27)23-9-12-25(17)11-5-7-16-6-3-4-8-18(16)28-2/h3-8,10,13,17H,9,11-12,14-15H2,1-2H3,(H,23,27)/b7-5+. The first-order chi connectivity index (χ1) is 14.1. The summed E-state index contributed by atoms with van der Waals surface area (Å²) in [6, 6.07) is 7.30. The fourth-order valence-corrected chi connectivity index (χ4v) is 3.93. The fraction of sp³-hybridized carbons (Fsp3) is 0.381. The summed E-state index contributed by atoms with van der Waals surface area (Å²) in [5, 5.41) is 5.64. The van der Waals surface area contributed by atoms with Crippen LogP contribution in [-0.4, -0.2) is 66.4 Å². The number of nitrogens with one attached hydrogen (secondary N) is 1. The summed E-state index contributed by atoms with van der Waals surface area (Å²) in [5.41, 5.74) is 0.979. The highest BCUT2D eigenvalue weighted by Crippen LogP contribution is 2.19. The van der Waals surface area contributed by atoms with Gasteiger partial charge in [0.25, 0.3) is 0 Å². The van der Waals surface area contributed by atoms with Gasteiger partial charge in [-0.25, -0.2) is 4.98 Å². The SMILES string of the molecule is COc1ccccc1/C=C/CN1CCNC(=O)C1CC(=O)N(C)Cc1nccs1. The van der Waals surface area contributed by atoms with Gasteiger partial charge in [0.1, 0.15) is 10.8 Å². The lowest BCUT2D eigenvalue weighted by atomic mass is 10.1. The predicted octanol–water partition coefficient (Wildman–Crippen LogP) is 2.01. The third kappa shape index (κ3) is 5.65. The Balaban J connectivity index is 1.62. The highest BCUT2D eigenvalue weighted by Gasteiger charge is 2.31. The molecule has 2 aromatic rings. The molecule has 1 fully saturated rings. The molecule has 7 nitrogen and oxygen atoms in total.